The van der Waals surface area contributed by atoms with Gasteiger partial charge in [0.25, 0.3) is 0 Å². The quantitative estimate of drug-likeness (QED) is 0.626. The molecule has 1 atom stereocenters. The Labute approximate surface area is 170 Å². The van der Waals surface area contributed by atoms with E-state index in [1.807, 2.05) is 53.4 Å². The SMILES string of the molecule is O=C(C1CCCN1Cc1ccccc1F)N(Cc1cccnc1)c1ccccc1. The number of para-hydroxylation sites is 1. The molecule has 29 heavy (non-hydrogen) atoms. The summed E-state index contributed by atoms with van der Waals surface area (Å²) in [7, 11) is 0. The molecule has 1 saturated heterocycles. The number of nitrogens with zero attached hydrogens (tertiary/aromatic N) is 3. The van der Waals surface area contributed by atoms with E-state index in [4.69, 9.17) is 0 Å². The maximum absolute atomic E-state index is 14.2. The Bertz CT molecular complexity index is 949. The van der Waals surface area contributed by atoms with Crippen LogP contribution in [0.4, 0.5) is 10.1 Å². The molecule has 1 unspecified atom stereocenters. The minimum Gasteiger partial charge on any atom is -0.307 e. The molecular weight excluding hydrogens is 365 g/mol. The highest BCUT2D eigenvalue weighted by Gasteiger charge is 2.34. The van der Waals surface area contributed by atoms with E-state index in [2.05, 4.69) is 9.88 Å². The Kier molecular flexibility index (Phi) is 5.96. The van der Waals surface area contributed by atoms with E-state index >= 15 is 0 Å². The maximum Gasteiger partial charge on any atom is 0.244 e. The van der Waals surface area contributed by atoms with Crippen molar-refractivity contribution >= 4 is 11.6 Å². The number of anilines is 1. The fraction of sp³-hybridized carbons (Fsp3) is 0.250. The second-order valence-electron chi connectivity index (χ2n) is 7.34. The van der Waals surface area contributed by atoms with Crippen LogP contribution in [-0.2, 0) is 17.9 Å². The second kappa shape index (κ2) is 8.97. The molecule has 3 aromatic rings. The van der Waals surface area contributed by atoms with Gasteiger partial charge in [-0.05, 0) is 49.2 Å². The number of carbonyl (C=O) groups excluding carboxylic acids is 1. The summed E-state index contributed by atoms with van der Waals surface area (Å²) < 4.78 is 14.2. The zero-order valence-corrected chi connectivity index (χ0v) is 16.2. The van der Waals surface area contributed by atoms with Gasteiger partial charge in [0.15, 0.2) is 0 Å². The molecule has 4 rings (SSSR count). The lowest BCUT2D eigenvalue weighted by molar-refractivity contribution is -0.123. The average molecular weight is 389 g/mol. The summed E-state index contributed by atoms with van der Waals surface area (Å²) >= 11 is 0. The summed E-state index contributed by atoms with van der Waals surface area (Å²) in [6, 6.07) is 20.1. The smallest absolute Gasteiger partial charge is 0.244 e. The first-order valence-electron chi connectivity index (χ1n) is 9.95. The molecule has 0 spiro atoms. The van der Waals surface area contributed by atoms with Gasteiger partial charge >= 0.3 is 0 Å². The predicted molar refractivity (Wildman–Crippen MR) is 112 cm³/mol. The number of pyridine rings is 1. The summed E-state index contributed by atoms with van der Waals surface area (Å²) in [5.74, 6) is -0.172. The molecule has 0 radical (unpaired) electrons. The highest BCUT2D eigenvalue weighted by molar-refractivity contribution is 5.97. The standard InChI is InChI=1S/C24H24FN3O/c25-22-12-5-4-9-20(22)18-27-15-7-13-23(27)24(29)28(21-10-2-1-3-11-21)17-19-8-6-14-26-16-19/h1-6,8-12,14,16,23H,7,13,15,17-18H2. The topological polar surface area (TPSA) is 36.4 Å². The highest BCUT2D eigenvalue weighted by atomic mass is 19.1. The number of benzene rings is 2. The van der Waals surface area contributed by atoms with Crippen LogP contribution < -0.4 is 4.90 Å². The van der Waals surface area contributed by atoms with E-state index < -0.39 is 0 Å². The molecule has 1 fully saturated rings. The van der Waals surface area contributed by atoms with Gasteiger partial charge < -0.3 is 4.90 Å². The summed E-state index contributed by atoms with van der Waals surface area (Å²) in [5.41, 5.74) is 2.47. The van der Waals surface area contributed by atoms with Crippen molar-refractivity contribution in [1.82, 2.24) is 9.88 Å². The van der Waals surface area contributed by atoms with Gasteiger partial charge in [0.2, 0.25) is 5.91 Å². The van der Waals surface area contributed by atoms with Gasteiger partial charge in [-0.15, -0.1) is 0 Å². The number of hydrogen-bond donors (Lipinski definition) is 0. The van der Waals surface area contributed by atoms with Crippen LogP contribution in [0.25, 0.3) is 0 Å². The number of rotatable bonds is 6. The van der Waals surface area contributed by atoms with Crippen molar-refractivity contribution in [1.29, 1.82) is 0 Å². The molecule has 2 heterocycles. The van der Waals surface area contributed by atoms with E-state index in [1.54, 1.807) is 24.5 Å². The van der Waals surface area contributed by atoms with Crippen molar-refractivity contribution in [2.24, 2.45) is 0 Å². The number of likely N-dealkylation sites (tertiary alicyclic amines) is 1. The molecule has 148 valence electrons. The van der Waals surface area contributed by atoms with Crippen LogP contribution in [0.5, 0.6) is 0 Å². The van der Waals surface area contributed by atoms with Crippen LogP contribution in [0, 0.1) is 5.82 Å². The van der Waals surface area contributed by atoms with E-state index in [1.165, 1.54) is 6.07 Å². The Balaban J connectivity index is 1.58. The number of aromatic nitrogens is 1. The maximum atomic E-state index is 14.2. The molecule has 4 nitrogen and oxygen atoms in total. The fourth-order valence-electron chi connectivity index (χ4n) is 3.90. The molecule has 1 aliphatic heterocycles. The van der Waals surface area contributed by atoms with Crippen LogP contribution in [-0.4, -0.2) is 28.4 Å². The molecule has 1 amide bonds. The first kappa shape index (κ1) is 19.3. The fourth-order valence-corrected chi connectivity index (χ4v) is 3.90. The van der Waals surface area contributed by atoms with Crippen molar-refractivity contribution in [2.75, 3.05) is 11.4 Å². The minimum absolute atomic E-state index is 0.0499. The van der Waals surface area contributed by atoms with Gasteiger partial charge in [0, 0.05) is 30.2 Å². The van der Waals surface area contributed by atoms with Crippen LogP contribution in [0.15, 0.2) is 79.1 Å². The Morgan fingerprint density at radius 2 is 1.86 bits per heavy atom. The molecule has 0 bridgehead atoms. The van der Waals surface area contributed by atoms with Crippen LogP contribution in [0.1, 0.15) is 24.0 Å². The lowest BCUT2D eigenvalue weighted by atomic mass is 10.1. The molecule has 5 heteroatoms. The zero-order chi connectivity index (χ0) is 20.1. The predicted octanol–water partition coefficient (Wildman–Crippen LogP) is 4.42. The number of halogens is 1. The normalized spacial score (nSPS) is 16.7. The molecule has 0 saturated carbocycles. The first-order valence-corrected chi connectivity index (χ1v) is 9.95. The Morgan fingerprint density at radius 3 is 2.62 bits per heavy atom. The lowest BCUT2D eigenvalue weighted by Gasteiger charge is -2.30. The van der Waals surface area contributed by atoms with E-state index in [-0.39, 0.29) is 17.8 Å². The zero-order valence-electron chi connectivity index (χ0n) is 16.2. The third kappa shape index (κ3) is 4.51. The largest absolute Gasteiger partial charge is 0.307 e. The summed E-state index contributed by atoms with van der Waals surface area (Å²) in [4.78, 5) is 21.7. The average Bonchev–Trinajstić information content (AvgIpc) is 3.23. The molecule has 2 aromatic carbocycles. The third-order valence-electron chi connectivity index (χ3n) is 5.38. The second-order valence-corrected chi connectivity index (χ2v) is 7.34. The van der Waals surface area contributed by atoms with Crippen molar-refractivity contribution in [3.05, 3.63) is 96.1 Å². The number of hydrogen-bond acceptors (Lipinski definition) is 3. The molecular formula is C24H24FN3O. The molecule has 1 aromatic heterocycles. The summed E-state index contributed by atoms with van der Waals surface area (Å²) in [6.07, 6.45) is 5.23. The van der Waals surface area contributed by atoms with Gasteiger partial charge in [0.05, 0.1) is 12.6 Å². The molecule has 1 aliphatic rings. The molecule has 0 aliphatic carbocycles. The van der Waals surface area contributed by atoms with Gasteiger partial charge in [-0.25, -0.2) is 4.39 Å². The monoisotopic (exact) mass is 389 g/mol. The minimum atomic E-state index is -0.258. The van der Waals surface area contributed by atoms with E-state index in [0.717, 1.165) is 30.6 Å². The van der Waals surface area contributed by atoms with Crippen LogP contribution in [0.3, 0.4) is 0 Å². The van der Waals surface area contributed by atoms with Crippen molar-refractivity contribution in [3.8, 4) is 0 Å². The molecule has 0 N–H and O–H groups in total. The van der Waals surface area contributed by atoms with Crippen LogP contribution in [0.2, 0.25) is 0 Å². The Hall–Kier alpha value is -3.05. The van der Waals surface area contributed by atoms with Crippen LogP contribution >= 0.6 is 0 Å². The van der Waals surface area contributed by atoms with Gasteiger partial charge in [-0.2, -0.15) is 0 Å². The van der Waals surface area contributed by atoms with E-state index in [9.17, 15) is 9.18 Å². The lowest BCUT2D eigenvalue weighted by Crippen LogP contribution is -2.45. The van der Waals surface area contributed by atoms with Crippen molar-refractivity contribution < 1.29 is 9.18 Å². The van der Waals surface area contributed by atoms with Crippen molar-refractivity contribution in [3.63, 3.8) is 0 Å². The summed E-state index contributed by atoms with van der Waals surface area (Å²) in [5, 5.41) is 0. The van der Waals surface area contributed by atoms with Gasteiger partial charge in [-0.3, -0.25) is 14.7 Å². The Morgan fingerprint density at radius 1 is 1.07 bits per heavy atom. The number of amides is 1. The van der Waals surface area contributed by atoms with Gasteiger partial charge in [0.1, 0.15) is 5.82 Å². The van der Waals surface area contributed by atoms with Crippen molar-refractivity contribution in [2.45, 2.75) is 32.0 Å². The summed E-state index contributed by atoms with van der Waals surface area (Å²) in [6.45, 7) is 1.69. The first-order chi connectivity index (χ1) is 14.2. The van der Waals surface area contributed by atoms with Gasteiger partial charge in [-0.1, -0.05) is 42.5 Å². The van der Waals surface area contributed by atoms with E-state index in [0.29, 0.717) is 18.7 Å². The number of carbonyl (C=O) groups is 1. The highest BCUT2D eigenvalue weighted by Crippen LogP contribution is 2.26. The third-order valence-corrected chi connectivity index (χ3v) is 5.38.